The van der Waals surface area contributed by atoms with Gasteiger partial charge in [0.2, 0.25) is 5.91 Å². The van der Waals surface area contributed by atoms with Crippen LogP contribution in [0.3, 0.4) is 0 Å². The zero-order valence-corrected chi connectivity index (χ0v) is 13.7. The molecule has 2 aromatic rings. The minimum atomic E-state index is -0.222. The van der Waals surface area contributed by atoms with E-state index in [1.807, 2.05) is 32.1 Å². The first-order valence-corrected chi connectivity index (χ1v) is 8.04. The average Bonchev–Trinajstić information content (AvgIpc) is 3.23. The van der Waals surface area contributed by atoms with Crippen molar-refractivity contribution in [3.05, 3.63) is 65.6 Å². The molecule has 120 valence electrons. The van der Waals surface area contributed by atoms with Crippen molar-refractivity contribution >= 4 is 11.6 Å². The van der Waals surface area contributed by atoms with Gasteiger partial charge < -0.3 is 4.42 Å². The van der Waals surface area contributed by atoms with Crippen LogP contribution in [0.15, 0.2) is 53.2 Å². The smallest absolute Gasteiger partial charge is 0.244 e. The van der Waals surface area contributed by atoms with Crippen LogP contribution in [-0.2, 0) is 11.2 Å². The molecule has 2 heterocycles. The number of carbonyl (C=O) groups is 1. The summed E-state index contributed by atoms with van der Waals surface area (Å²) in [7, 11) is 0. The van der Waals surface area contributed by atoms with E-state index < -0.39 is 0 Å². The maximum absolute atomic E-state index is 12.5. The molecule has 0 radical (unpaired) electrons. The Kier molecular flexibility index (Phi) is 4.24. The molecule has 4 heteroatoms. The van der Waals surface area contributed by atoms with Gasteiger partial charge in [-0.1, -0.05) is 45.0 Å². The Morgan fingerprint density at radius 2 is 2.00 bits per heavy atom. The normalized spacial score (nSPS) is 17.3. The summed E-state index contributed by atoms with van der Waals surface area (Å²) in [4.78, 5) is 12.5. The summed E-state index contributed by atoms with van der Waals surface area (Å²) in [6, 6.07) is 11.9. The van der Waals surface area contributed by atoms with E-state index in [2.05, 4.69) is 36.6 Å². The molecule has 1 aromatic heterocycles. The van der Waals surface area contributed by atoms with Crippen molar-refractivity contribution in [2.24, 2.45) is 5.92 Å². The van der Waals surface area contributed by atoms with E-state index in [0.717, 1.165) is 23.4 Å². The van der Waals surface area contributed by atoms with Crippen LogP contribution < -0.4 is 5.43 Å². The van der Waals surface area contributed by atoms with Crippen molar-refractivity contribution < 1.29 is 9.21 Å². The highest BCUT2D eigenvalue weighted by molar-refractivity contribution is 5.82. The Bertz CT molecular complexity index is 699. The molecule has 1 aliphatic rings. The zero-order valence-electron chi connectivity index (χ0n) is 13.7. The average molecular weight is 310 g/mol. The van der Waals surface area contributed by atoms with Crippen molar-refractivity contribution in [1.82, 2.24) is 10.4 Å². The van der Waals surface area contributed by atoms with Crippen molar-refractivity contribution in [3.63, 3.8) is 0 Å². The van der Waals surface area contributed by atoms with Gasteiger partial charge >= 0.3 is 0 Å². The topological polar surface area (TPSA) is 45.5 Å². The summed E-state index contributed by atoms with van der Waals surface area (Å²) in [5.74, 6) is 0.713. The van der Waals surface area contributed by atoms with E-state index >= 15 is 0 Å². The van der Waals surface area contributed by atoms with Crippen molar-refractivity contribution in [3.8, 4) is 0 Å². The summed E-state index contributed by atoms with van der Waals surface area (Å²) < 4.78 is 5.52. The molecular formula is C19H22N2O2. The van der Waals surface area contributed by atoms with Crippen LogP contribution in [0.2, 0.25) is 0 Å². The van der Waals surface area contributed by atoms with E-state index in [-0.39, 0.29) is 17.9 Å². The lowest BCUT2D eigenvalue weighted by Gasteiger charge is -2.25. The van der Waals surface area contributed by atoms with Crippen LogP contribution in [0.5, 0.6) is 0 Å². The second-order valence-corrected chi connectivity index (χ2v) is 6.07. The van der Waals surface area contributed by atoms with E-state index in [4.69, 9.17) is 4.42 Å². The first kappa shape index (κ1) is 15.4. The van der Waals surface area contributed by atoms with Crippen LogP contribution in [0.4, 0.5) is 0 Å². The van der Waals surface area contributed by atoms with Gasteiger partial charge in [0.15, 0.2) is 0 Å². The van der Waals surface area contributed by atoms with E-state index in [1.54, 1.807) is 11.3 Å². The minimum Gasteiger partial charge on any atom is -0.467 e. The quantitative estimate of drug-likeness (QED) is 0.930. The molecule has 1 N–H and O–H groups in total. The summed E-state index contributed by atoms with van der Waals surface area (Å²) >= 11 is 0. The highest BCUT2D eigenvalue weighted by Gasteiger charge is 2.33. The molecule has 1 atom stereocenters. The molecule has 0 unspecified atom stereocenters. The number of aryl methyl sites for hydroxylation is 1. The van der Waals surface area contributed by atoms with Gasteiger partial charge in [0.25, 0.3) is 0 Å². The van der Waals surface area contributed by atoms with Crippen LogP contribution in [-0.4, -0.2) is 10.9 Å². The Hall–Kier alpha value is -2.49. The second-order valence-electron chi connectivity index (χ2n) is 6.07. The van der Waals surface area contributed by atoms with Crippen LogP contribution in [0, 0.1) is 5.92 Å². The third-order valence-electron chi connectivity index (χ3n) is 4.08. The molecule has 3 rings (SSSR count). The van der Waals surface area contributed by atoms with E-state index in [1.165, 1.54) is 5.56 Å². The van der Waals surface area contributed by atoms with Gasteiger partial charge in [-0.3, -0.25) is 10.2 Å². The van der Waals surface area contributed by atoms with Gasteiger partial charge in [-0.25, -0.2) is 5.01 Å². The Labute approximate surface area is 136 Å². The molecule has 0 fully saturated rings. The van der Waals surface area contributed by atoms with Crippen LogP contribution >= 0.6 is 0 Å². The molecular weight excluding hydrogens is 288 g/mol. The summed E-state index contributed by atoms with van der Waals surface area (Å²) in [6.07, 6.45) is 4.69. The Morgan fingerprint density at radius 3 is 2.57 bits per heavy atom. The molecule has 4 nitrogen and oxygen atoms in total. The maximum Gasteiger partial charge on any atom is 0.244 e. The molecule has 1 aliphatic heterocycles. The van der Waals surface area contributed by atoms with Crippen LogP contribution in [0.1, 0.15) is 43.7 Å². The number of nitrogens with zero attached hydrogens (tertiary/aromatic N) is 1. The third kappa shape index (κ3) is 3.02. The number of benzene rings is 1. The fraction of sp³-hybridized carbons (Fsp3) is 0.316. The van der Waals surface area contributed by atoms with Gasteiger partial charge in [-0.05, 0) is 35.8 Å². The fourth-order valence-electron chi connectivity index (χ4n) is 2.69. The standard InChI is InChI=1S/C19H22N2O2/c1-4-14-7-9-15(10-8-14)16-12-17(18-6-5-11-23-18)21(20-16)19(22)13(2)3/h5-13,17,20H,4H2,1-3H3/t17-/m1/s1. The van der Waals surface area contributed by atoms with E-state index in [0.29, 0.717) is 0 Å². The minimum absolute atomic E-state index is 0.0443. The van der Waals surface area contributed by atoms with Gasteiger partial charge in [0, 0.05) is 5.92 Å². The van der Waals surface area contributed by atoms with Gasteiger partial charge in [-0.15, -0.1) is 0 Å². The van der Waals surface area contributed by atoms with Crippen molar-refractivity contribution in [2.75, 3.05) is 0 Å². The number of hydrogen-bond donors (Lipinski definition) is 1. The zero-order chi connectivity index (χ0) is 16.4. The number of hydrazine groups is 1. The number of rotatable bonds is 4. The first-order valence-electron chi connectivity index (χ1n) is 8.04. The number of furan rings is 1. The van der Waals surface area contributed by atoms with Gasteiger partial charge in [0.05, 0.1) is 12.0 Å². The molecule has 0 aliphatic carbocycles. The third-order valence-corrected chi connectivity index (χ3v) is 4.08. The fourth-order valence-corrected chi connectivity index (χ4v) is 2.69. The molecule has 0 saturated heterocycles. The lowest BCUT2D eigenvalue weighted by atomic mass is 10.1. The molecule has 1 amide bonds. The lowest BCUT2D eigenvalue weighted by molar-refractivity contribution is -0.138. The molecule has 0 saturated carbocycles. The van der Waals surface area contributed by atoms with Gasteiger partial charge in [0.1, 0.15) is 11.8 Å². The van der Waals surface area contributed by atoms with Crippen LogP contribution in [0.25, 0.3) is 5.70 Å². The lowest BCUT2D eigenvalue weighted by Crippen LogP contribution is -2.41. The molecule has 0 bridgehead atoms. The number of nitrogens with one attached hydrogen (secondary N) is 1. The summed E-state index contributed by atoms with van der Waals surface area (Å²) in [5.41, 5.74) is 6.55. The predicted molar refractivity (Wildman–Crippen MR) is 90.1 cm³/mol. The number of amides is 1. The Morgan fingerprint density at radius 1 is 1.26 bits per heavy atom. The monoisotopic (exact) mass is 310 g/mol. The number of hydrogen-bond acceptors (Lipinski definition) is 3. The molecule has 0 spiro atoms. The summed E-state index contributed by atoms with van der Waals surface area (Å²) in [5, 5.41) is 1.66. The largest absolute Gasteiger partial charge is 0.467 e. The van der Waals surface area contributed by atoms with Gasteiger partial charge in [-0.2, -0.15) is 0 Å². The SMILES string of the molecule is CCc1ccc(C2=C[C@H](c3ccco3)N(C(=O)C(C)C)N2)cc1. The first-order chi connectivity index (χ1) is 11.1. The Balaban J connectivity index is 1.92. The highest BCUT2D eigenvalue weighted by Crippen LogP contribution is 2.32. The highest BCUT2D eigenvalue weighted by atomic mass is 16.3. The second kappa shape index (κ2) is 6.32. The summed E-state index contributed by atoms with van der Waals surface area (Å²) in [6.45, 7) is 5.94. The number of carbonyl (C=O) groups excluding carboxylic acids is 1. The molecule has 23 heavy (non-hydrogen) atoms. The van der Waals surface area contributed by atoms with Crippen molar-refractivity contribution in [2.45, 2.75) is 33.2 Å². The van der Waals surface area contributed by atoms with Crippen molar-refractivity contribution in [1.29, 1.82) is 0 Å². The predicted octanol–water partition coefficient (Wildman–Crippen LogP) is 3.93. The van der Waals surface area contributed by atoms with E-state index in [9.17, 15) is 4.79 Å². The maximum atomic E-state index is 12.5. The molecule has 1 aromatic carbocycles.